The fraction of sp³-hybridized carbons (Fsp3) is 0.304. The molecular weight excluding hydrogens is 450 g/mol. The van der Waals surface area contributed by atoms with E-state index in [4.69, 9.17) is 9.47 Å². The Morgan fingerprint density at radius 1 is 1.00 bits per heavy atom. The zero-order chi connectivity index (χ0) is 21.4. The monoisotopic (exact) mass is 471 g/mol. The maximum absolute atomic E-state index is 13.2. The number of phenols is 1. The lowest BCUT2D eigenvalue weighted by molar-refractivity contribution is -0.122. The van der Waals surface area contributed by atoms with Gasteiger partial charge < -0.3 is 19.9 Å². The largest absolute Gasteiger partial charge is 0.503 e. The summed E-state index contributed by atoms with van der Waals surface area (Å²) in [4.78, 5) is 25.7. The number of benzene rings is 2. The normalized spacial score (nSPS) is 21.2. The van der Waals surface area contributed by atoms with Crippen LogP contribution in [0.1, 0.15) is 42.2 Å². The van der Waals surface area contributed by atoms with Crippen molar-refractivity contribution in [2.75, 3.05) is 14.2 Å². The first kappa shape index (κ1) is 20.5. The predicted molar refractivity (Wildman–Crippen MR) is 115 cm³/mol. The zero-order valence-corrected chi connectivity index (χ0v) is 18.3. The Labute approximate surface area is 183 Å². The van der Waals surface area contributed by atoms with Gasteiger partial charge in [-0.25, -0.2) is 0 Å². The van der Waals surface area contributed by atoms with E-state index in [1.54, 1.807) is 19.2 Å². The highest BCUT2D eigenvalue weighted by atomic mass is 79.9. The number of methoxy groups -OCH3 is 2. The Morgan fingerprint density at radius 3 is 2.40 bits per heavy atom. The number of carbonyl (C=O) groups excluding carboxylic acids is 2. The summed E-state index contributed by atoms with van der Waals surface area (Å²) in [6.07, 6.45) is 1.15. The topological polar surface area (TPSA) is 84.9 Å². The van der Waals surface area contributed by atoms with Gasteiger partial charge in [0.05, 0.1) is 18.7 Å². The summed E-state index contributed by atoms with van der Waals surface area (Å²) in [7, 11) is 3.08. The average Bonchev–Trinajstić information content (AvgIpc) is 2.74. The van der Waals surface area contributed by atoms with Crippen molar-refractivity contribution >= 4 is 27.6 Å². The number of ether oxygens (including phenoxy) is 2. The van der Waals surface area contributed by atoms with E-state index in [9.17, 15) is 14.7 Å². The van der Waals surface area contributed by atoms with Crippen molar-refractivity contribution in [2.24, 2.45) is 0 Å². The molecule has 2 aliphatic rings. The van der Waals surface area contributed by atoms with Crippen LogP contribution in [0, 0.1) is 0 Å². The predicted octanol–water partition coefficient (Wildman–Crippen LogP) is 4.18. The molecule has 1 aliphatic heterocycles. The molecule has 0 fully saturated rings. The minimum Gasteiger partial charge on any atom is -0.503 e. The van der Waals surface area contributed by atoms with E-state index >= 15 is 0 Å². The summed E-state index contributed by atoms with van der Waals surface area (Å²) in [5.41, 5.74) is 3.15. The number of rotatable bonds is 4. The van der Waals surface area contributed by atoms with E-state index in [0.717, 1.165) is 16.9 Å². The quantitative estimate of drug-likeness (QED) is 0.698. The molecule has 2 N–H and O–H groups in total. The lowest BCUT2D eigenvalue weighted by atomic mass is 9.73. The number of amides is 1. The fourth-order valence-electron chi connectivity index (χ4n) is 4.31. The third kappa shape index (κ3) is 3.69. The maximum atomic E-state index is 13.2. The zero-order valence-electron chi connectivity index (χ0n) is 16.7. The number of hydrogen-bond acceptors (Lipinski definition) is 5. The van der Waals surface area contributed by atoms with Crippen LogP contribution < -0.4 is 14.8 Å². The number of Topliss-reactive ketones (excluding diaryl/α,β-unsaturated/α-hetero) is 1. The summed E-state index contributed by atoms with van der Waals surface area (Å²) in [6, 6.07) is 11.1. The molecule has 156 valence electrons. The van der Waals surface area contributed by atoms with Crippen molar-refractivity contribution in [3.63, 3.8) is 0 Å². The van der Waals surface area contributed by atoms with Gasteiger partial charge in [-0.2, -0.15) is 0 Å². The van der Waals surface area contributed by atoms with Gasteiger partial charge >= 0.3 is 0 Å². The first-order chi connectivity index (χ1) is 14.4. The van der Waals surface area contributed by atoms with Crippen molar-refractivity contribution < 1.29 is 24.2 Å². The molecule has 0 bridgehead atoms. The number of halogens is 1. The van der Waals surface area contributed by atoms with Crippen LogP contribution in [0.2, 0.25) is 0 Å². The molecule has 0 saturated heterocycles. The second-order valence-corrected chi connectivity index (χ2v) is 8.41. The van der Waals surface area contributed by atoms with Crippen molar-refractivity contribution in [2.45, 2.75) is 31.1 Å². The van der Waals surface area contributed by atoms with Gasteiger partial charge in [-0.3, -0.25) is 9.59 Å². The third-order valence-electron chi connectivity index (χ3n) is 5.80. The number of nitrogens with one attached hydrogen (secondary N) is 1. The first-order valence-electron chi connectivity index (χ1n) is 9.67. The van der Waals surface area contributed by atoms with Gasteiger partial charge in [0.1, 0.15) is 5.75 Å². The van der Waals surface area contributed by atoms with Crippen molar-refractivity contribution in [3.8, 4) is 17.2 Å². The van der Waals surface area contributed by atoms with E-state index in [0.29, 0.717) is 34.3 Å². The minimum absolute atomic E-state index is 0.00213. The van der Waals surface area contributed by atoms with E-state index < -0.39 is 0 Å². The van der Waals surface area contributed by atoms with Crippen LogP contribution in [0.4, 0.5) is 0 Å². The molecule has 2 aromatic rings. The molecule has 0 saturated carbocycles. The van der Waals surface area contributed by atoms with Crippen LogP contribution in [0.5, 0.6) is 17.2 Å². The number of phenolic OH excluding ortho intramolecular Hbond substituents is 1. The molecule has 1 heterocycles. The smallest absolute Gasteiger partial charge is 0.225 e. The second kappa shape index (κ2) is 8.14. The Balaban J connectivity index is 1.71. The SMILES string of the molecule is COc1ccc([C@H]2CC(=O)C3=C(C2)NC(=O)C[C@H]3c2cc(Br)c(O)c(OC)c2)cc1. The molecule has 1 amide bonds. The van der Waals surface area contributed by atoms with Crippen LogP contribution >= 0.6 is 15.9 Å². The Kier molecular flexibility index (Phi) is 5.56. The van der Waals surface area contributed by atoms with Crippen LogP contribution in [0.3, 0.4) is 0 Å². The van der Waals surface area contributed by atoms with E-state index in [-0.39, 0.29) is 35.7 Å². The van der Waals surface area contributed by atoms with Crippen molar-refractivity contribution in [3.05, 3.63) is 63.3 Å². The first-order valence-corrected chi connectivity index (χ1v) is 10.5. The molecule has 1 aliphatic carbocycles. The van der Waals surface area contributed by atoms with Gasteiger partial charge in [0.2, 0.25) is 5.91 Å². The highest BCUT2D eigenvalue weighted by Crippen LogP contribution is 2.45. The van der Waals surface area contributed by atoms with Crippen LogP contribution in [0.25, 0.3) is 0 Å². The van der Waals surface area contributed by atoms with Gasteiger partial charge in [0, 0.05) is 30.0 Å². The Bertz CT molecular complexity index is 1040. The van der Waals surface area contributed by atoms with Crippen LogP contribution in [0.15, 0.2) is 52.1 Å². The number of carbonyl (C=O) groups is 2. The highest BCUT2D eigenvalue weighted by molar-refractivity contribution is 9.10. The molecule has 7 heteroatoms. The molecule has 0 spiro atoms. The Hall–Kier alpha value is -2.80. The Morgan fingerprint density at radius 2 is 1.73 bits per heavy atom. The van der Waals surface area contributed by atoms with Crippen LogP contribution in [-0.2, 0) is 9.59 Å². The van der Waals surface area contributed by atoms with Gasteiger partial charge in [0.25, 0.3) is 0 Å². The lowest BCUT2D eigenvalue weighted by Gasteiger charge is -2.34. The van der Waals surface area contributed by atoms with Gasteiger partial charge in [-0.1, -0.05) is 12.1 Å². The van der Waals surface area contributed by atoms with E-state index in [2.05, 4.69) is 21.2 Å². The number of aromatic hydroxyl groups is 1. The molecule has 6 nitrogen and oxygen atoms in total. The van der Waals surface area contributed by atoms with Crippen molar-refractivity contribution in [1.82, 2.24) is 5.32 Å². The van der Waals surface area contributed by atoms with Gasteiger partial charge in [-0.15, -0.1) is 0 Å². The molecule has 0 radical (unpaired) electrons. The molecule has 0 unspecified atom stereocenters. The maximum Gasteiger partial charge on any atom is 0.225 e. The molecule has 2 aromatic carbocycles. The summed E-state index contributed by atoms with van der Waals surface area (Å²) in [5, 5.41) is 13.0. The summed E-state index contributed by atoms with van der Waals surface area (Å²) in [6.45, 7) is 0. The van der Waals surface area contributed by atoms with Gasteiger partial charge in [0.15, 0.2) is 17.3 Å². The molecular formula is C23H22BrNO5. The molecule has 2 atom stereocenters. The third-order valence-corrected chi connectivity index (χ3v) is 6.40. The van der Waals surface area contributed by atoms with Crippen molar-refractivity contribution in [1.29, 1.82) is 0 Å². The van der Waals surface area contributed by atoms with Gasteiger partial charge in [-0.05, 0) is 63.7 Å². The second-order valence-electron chi connectivity index (χ2n) is 7.55. The molecule has 0 aromatic heterocycles. The number of ketones is 1. The fourth-order valence-corrected chi connectivity index (χ4v) is 4.77. The van der Waals surface area contributed by atoms with E-state index in [1.165, 1.54) is 7.11 Å². The lowest BCUT2D eigenvalue weighted by Crippen LogP contribution is -2.38. The van der Waals surface area contributed by atoms with E-state index in [1.807, 2.05) is 24.3 Å². The molecule has 30 heavy (non-hydrogen) atoms. The highest BCUT2D eigenvalue weighted by Gasteiger charge is 2.38. The standard InChI is InChI=1S/C23H22BrNO5/c1-29-15-5-3-12(4-6-15)13-8-18-22(19(26)9-13)16(11-21(27)25-18)14-7-17(24)23(28)20(10-14)30-2/h3-7,10,13,16,28H,8-9,11H2,1-2H3,(H,25,27)/t13-,16+/m1/s1. The summed E-state index contributed by atoms with van der Waals surface area (Å²) >= 11 is 3.33. The molecule has 4 rings (SSSR count). The minimum atomic E-state index is -0.371. The van der Waals surface area contributed by atoms with Crippen LogP contribution in [-0.4, -0.2) is 31.0 Å². The summed E-state index contributed by atoms with van der Waals surface area (Å²) in [5.74, 6) is 0.595. The average molecular weight is 472 g/mol. The number of hydrogen-bond donors (Lipinski definition) is 2. The number of allylic oxidation sites excluding steroid dienone is 2. The summed E-state index contributed by atoms with van der Waals surface area (Å²) < 4.78 is 10.9.